The molecule has 7 rings (SSSR count). The molecule has 1 aliphatic heterocycles. The minimum atomic E-state index is 0.339. The molecule has 0 spiro atoms. The monoisotopic (exact) mass is 559 g/mol. The van der Waals surface area contributed by atoms with E-state index in [4.69, 9.17) is 0 Å². The Morgan fingerprint density at radius 3 is 1.81 bits per heavy atom. The number of hydrogen-bond donors (Lipinski definition) is 0. The quantitative estimate of drug-likeness (QED) is 0.150. The molecule has 1 aromatic heterocycles. The summed E-state index contributed by atoms with van der Waals surface area (Å²) in [5.41, 5.74) is 10.8. The van der Waals surface area contributed by atoms with Crippen LogP contribution in [-0.2, 0) is 0 Å². The van der Waals surface area contributed by atoms with Gasteiger partial charge in [-0.05, 0) is 58.7 Å². The predicted octanol–water partition coefficient (Wildman–Crippen LogP) is 11.1. The minimum Gasteiger partial charge on any atom is -0.309 e. The highest BCUT2D eigenvalue weighted by Gasteiger charge is 2.48. The van der Waals surface area contributed by atoms with Crippen molar-refractivity contribution in [3.05, 3.63) is 134 Å². The third-order valence-corrected chi connectivity index (χ3v) is 9.94. The Hall–Kier alpha value is -4.30. The Morgan fingerprint density at radius 1 is 0.605 bits per heavy atom. The molecule has 0 N–H and O–H groups in total. The zero-order valence-electron chi connectivity index (χ0n) is 26.3. The van der Waals surface area contributed by atoms with Crippen LogP contribution >= 0.6 is 0 Å². The van der Waals surface area contributed by atoms with Crippen LogP contribution in [0, 0.1) is 10.8 Å². The van der Waals surface area contributed by atoms with E-state index in [0.29, 0.717) is 17.5 Å². The topological polar surface area (TPSA) is 4.93 Å². The van der Waals surface area contributed by atoms with Gasteiger partial charge in [-0.1, -0.05) is 149 Å². The number of nitrogens with zero attached hydrogens (tertiary/aromatic N) is 1. The molecular weight excluding hydrogens is 517 g/mol. The zero-order chi connectivity index (χ0) is 30.2. The van der Waals surface area contributed by atoms with Crippen LogP contribution in [0.4, 0.5) is 0 Å². The van der Waals surface area contributed by atoms with Crippen LogP contribution < -0.4 is 5.46 Å². The molecule has 1 aliphatic rings. The van der Waals surface area contributed by atoms with E-state index >= 15 is 0 Å². The molecular formula is C41H42BN. The smallest absolute Gasteiger partial charge is 0.177 e. The van der Waals surface area contributed by atoms with Gasteiger partial charge in [-0.2, -0.15) is 0 Å². The van der Waals surface area contributed by atoms with E-state index in [1.165, 1.54) is 67.9 Å². The molecule has 0 bridgehead atoms. The van der Waals surface area contributed by atoms with Crippen molar-refractivity contribution in [1.82, 2.24) is 4.57 Å². The number of hydrogen-bond acceptors (Lipinski definition) is 0. The van der Waals surface area contributed by atoms with Crippen LogP contribution in [0.5, 0.6) is 0 Å². The number of fused-ring (bicyclic) bond motifs is 3. The van der Waals surface area contributed by atoms with Gasteiger partial charge in [0.25, 0.3) is 0 Å². The van der Waals surface area contributed by atoms with Gasteiger partial charge in [-0.25, -0.2) is 0 Å². The minimum absolute atomic E-state index is 0.339. The van der Waals surface area contributed by atoms with Crippen LogP contribution in [0.2, 0.25) is 12.6 Å². The summed E-state index contributed by atoms with van der Waals surface area (Å²) in [5, 5.41) is 2.67. The van der Waals surface area contributed by atoms with E-state index in [9.17, 15) is 0 Å². The molecule has 2 heteroatoms. The van der Waals surface area contributed by atoms with Crippen molar-refractivity contribution >= 4 is 34.0 Å². The fourth-order valence-corrected chi connectivity index (χ4v) is 6.99. The molecule has 0 atom stereocenters. The molecule has 1 fully saturated rings. The summed E-state index contributed by atoms with van der Waals surface area (Å²) in [6.07, 6.45) is 4.23. The average molecular weight is 560 g/mol. The molecule has 0 radical (unpaired) electrons. The van der Waals surface area contributed by atoms with Crippen molar-refractivity contribution < 1.29 is 0 Å². The third-order valence-electron chi connectivity index (χ3n) is 9.94. The van der Waals surface area contributed by atoms with Crippen LogP contribution in [0.15, 0.2) is 134 Å². The molecule has 43 heavy (non-hydrogen) atoms. The van der Waals surface area contributed by atoms with Gasteiger partial charge in [-0.3, -0.25) is 0 Å². The summed E-state index contributed by atoms with van der Waals surface area (Å²) < 4.78 is 2.48. The highest BCUT2D eigenvalue weighted by atomic mass is 15.0. The van der Waals surface area contributed by atoms with Crippen molar-refractivity contribution in [2.75, 3.05) is 0 Å². The fourth-order valence-electron chi connectivity index (χ4n) is 6.99. The van der Waals surface area contributed by atoms with Crippen molar-refractivity contribution in [3.8, 4) is 27.9 Å². The van der Waals surface area contributed by atoms with E-state index < -0.39 is 0 Å². The predicted molar refractivity (Wildman–Crippen MR) is 190 cm³/mol. The number of allylic oxidation sites excluding steroid dienone is 1. The van der Waals surface area contributed by atoms with E-state index in [0.717, 1.165) is 0 Å². The number of aromatic nitrogens is 1. The molecule has 1 saturated heterocycles. The Bertz CT molecular complexity index is 1880. The van der Waals surface area contributed by atoms with Crippen molar-refractivity contribution in [3.63, 3.8) is 0 Å². The molecule has 1 nitrogen and oxygen atoms in total. The van der Waals surface area contributed by atoms with Gasteiger partial charge in [-0.15, -0.1) is 6.58 Å². The SMILES string of the molecule is C=CC.CC1(C)CB(c2ccc3c(c2)c2ccccc2n3-c2ccc(-c3ccccc3)cc2-c2ccccc2)CC1(C)C. The molecule has 214 valence electrons. The maximum atomic E-state index is 3.36. The fraction of sp³-hybridized carbons (Fsp3) is 0.220. The van der Waals surface area contributed by atoms with E-state index in [2.05, 4.69) is 160 Å². The Kier molecular flexibility index (Phi) is 7.65. The maximum absolute atomic E-state index is 3.36. The normalized spacial score (nSPS) is 15.3. The van der Waals surface area contributed by atoms with E-state index in [1.807, 2.05) is 6.92 Å². The maximum Gasteiger partial charge on any atom is 0.177 e. The lowest BCUT2D eigenvalue weighted by Crippen LogP contribution is -2.27. The second kappa shape index (κ2) is 11.4. The van der Waals surface area contributed by atoms with Gasteiger partial charge in [0.15, 0.2) is 6.71 Å². The summed E-state index contributed by atoms with van der Waals surface area (Å²) in [5.74, 6) is 0. The average Bonchev–Trinajstić information content (AvgIpc) is 3.46. The van der Waals surface area contributed by atoms with Gasteiger partial charge in [0.1, 0.15) is 0 Å². The largest absolute Gasteiger partial charge is 0.309 e. The first-order chi connectivity index (χ1) is 20.7. The Labute approximate surface area is 258 Å². The molecule has 0 aliphatic carbocycles. The lowest BCUT2D eigenvalue weighted by molar-refractivity contribution is 0.177. The van der Waals surface area contributed by atoms with Gasteiger partial charge in [0.2, 0.25) is 0 Å². The molecule has 0 amide bonds. The van der Waals surface area contributed by atoms with Crippen LogP contribution in [0.1, 0.15) is 34.6 Å². The number of rotatable bonds is 4. The van der Waals surface area contributed by atoms with E-state index in [-0.39, 0.29) is 0 Å². The van der Waals surface area contributed by atoms with Crippen LogP contribution in [-0.4, -0.2) is 11.3 Å². The van der Waals surface area contributed by atoms with E-state index in [1.54, 1.807) is 6.08 Å². The number of benzene rings is 5. The van der Waals surface area contributed by atoms with Gasteiger partial charge >= 0.3 is 0 Å². The summed E-state index contributed by atoms with van der Waals surface area (Å²) in [6.45, 7) is 15.6. The first-order valence-corrected chi connectivity index (χ1v) is 15.6. The van der Waals surface area contributed by atoms with Gasteiger partial charge < -0.3 is 4.57 Å². The zero-order valence-corrected chi connectivity index (χ0v) is 26.3. The highest BCUT2D eigenvalue weighted by molar-refractivity contribution is 6.74. The van der Waals surface area contributed by atoms with Crippen molar-refractivity contribution in [2.24, 2.45) is 10.8 Å². The summed E-state index contributed by atoms with van der Waals surface area (Å²) in [7, 11) is 0. The standard InChI is InChI=1S/C38H36BN.C3H6/c1-37(2)25-39(26-38(37,3)4)30-20-22-36-33(24-30)31-17-11-12-18-34(31)40(36)35-21-19-29(27-13-7-5-8-14-27)23-32(35)28-15-9-6-10-16-28;1-3-2/h5-24H,25-26H2,1-4H3;3H,1H2,2H3. The molecule has 2 heterocycles. The first kappa shape index (κ1) is 28.8. The number of para-hydroxylation sites is 1. The van der Waals surface area contributed by atoms with Crippen molar-refractivity contribution in [1.29, 1.82) is 0 Å². The van der Waals surface area contributed by atoms with Crippen LogP contribution in [0.25, 0.3) is 49.7 Å². The second-order valence-corrected chi connectivity index (χ2v) is 13.4. The van der Waals surface area contributed by atoms with Gasteiger partial charge in [0, 0.05) is 16.3 Å². The molecule has 6 aromatic rings. The second-order valence-electron chi connectivity index (χ2n) is 13.4. The third kappa shape index (κ3) is 5.25. The summed E-state index contributed by atoms with van der Waals surface area (Å²) in [4.78, 5) is 0. The summed E-state index contributed by atoms with van der Waals surface area (Å²) >= 11 is 0. The molecule has 5 aromatic carbocycles. The summed E-state index contributed by atoms with van der Waals surface area (Å²) in [6, 6.07) is 44.6. The molecule has 0 unspecified atom stereocenters. The Morgan fingerprint density at radius 2 is 1.16 bits per heavy atom. The van der Waals surface area contributed by atoms with Gasteiger partial charge in [0.05, 0.1) is 16.7 Å². The van der Waals surface area contributed by atoms with Crippen LogP contribution in [0.3, 0.4) is 0 Å². The lowest BCUT2D eigenvalue weighted by Gasteiger charge is -2.35. The Balaban J connectivity index is 0.00000105. The lowest BCUT2D eigenvalue weighted by atomic mass is 9.42. The first-order valence-electron chi connectivity index (χ1n) is 15.6. The highest BCUT2D eigenvalue weighted by Crippen LogP contribution is 2.52. The van der Waals surface area contributed by atoms with Crippen molar-refractivity contribution in [2.45, 2.75) is 47.3 Å². The molecule has 0 saturated carbocycles.